The summed E-state index contributed by atoms with van der Waals surface area (Å²) in [6.07, 6.45) is 5.29. The first-order valence-electron chi connectivity index (χ1n) is 7.22. The molecule has 5 heteroatoms. The molecule has 0 radical (unpaired) electrons. The zero-order valence-electron chi connectivity index (χ0n) is 12.6. The lowest BCUT2D eigenvalue weighted by Crippen LogP contribution is -2.55. The van der Waals surface area contributed by atoms with Crippen molar-refractivity contribution in [2.45, 2.75) is 25.4 Å². The molecular formula is C14H27N5. The van der Waals surface area contributed by atoms with Gasteiger partial charge in [0.15, 0.2) is 0 Å². The normalized spacial score (nSPS) is 23.7. The molecule has 0 saturated carbocycles. The zero-order chi connectivity index (χ0) is 13.8. The van der Waals surface area contributed by atoms with Crippen LogP contribution < -0.4 is 5.32 Å². The van der Waals surface area contributed by atoms with E-state index in [0.717, 1.165) is 32.6 Å². The SMILES string of the molecule is CCCNC(c1cnn(C)c1)C1CN(C)CCN1C. The number of rotatable bonds is 5. The molecule has 0 spiro atoms. The summed E-state index contributed by atoms with van der Waals surface area (Å²) in [6.45, 7) is 6.65. The summed E-state index contributed by atoms with van der Waals surface area (Å²) in [6, 6.07) is 0.871. The number of aryl methyl sites for hydroxylation is 1. The van der Waals surface area contributed by atoms with Crippen molar-refractivity contribution in [3.05, 3.63) is 18.0 Å². The highest BCUT2D eigenvalue weighted by Gasteiger charge is 2.31. The minimum atomic E-state index is 0.362. The minimum Gasteiger partial charge on any atom is -0.308 e. The van der Waals surface area contributed by atoms with E-state index in [4.69, 9.17) is 0 Å². The van der Waals surface area contributed by atoms with Crippen molar-refractivity contribution in [2.75, 3.05) is 40.3 Å². The van der Waals surface area contributed by atoms with Gasteiger partial charge in [-0.3, -0.25) is 9.58 Å². The average molecular weight is 265 g/mol. The van der Waals surface area contributed by atoms with Crippen LogP contribution in [0.1, 0.15) is 24.9 Å². The molecule has 0 amide bonds. The first kappa shape index (κ1) is 14.5. The maximum absolute atomic E-state index is 4.33. The van der Waals surface area contributed by atoms with Crippen LogP contribution in [0.15, 0.2) is 12.4 Å². The Kier molecular flexibility index (Phi) is 4.96. The van der Waals surface area contributed by atoms with Crippen LogP contribution in [0.3, 0.4) is 0 Å². The Balaban J connectivity index is 2.16. The van der Waals surface area contributed by atoms with Crippen LogP contribution in [0.25, 0.3) is 0 Å². The van der Waals surface area contributed by atoms with Crippen LogP contribution >= 0.6 is 0 Å². The highest BCUT2D eigenvalue weighted by atomic mass is 15.3. The Hall–Kier alpha value is -0.910. The third kappa shape index (κ3) is 3.55. The second kappa shape index (κ2) is 6.50. The standard InChI is InChI=1S/C14H27N5/c1-5-6-15-14(12-9-16-19(4)10-12)13-11-17(2)7-8-18(13)3/h9-10,13-15H,5-8,11H2,1-4H3. The van der Waals surface area contributed by atoms with Gasteiger partial charge < -0.3 is 10.2 Å². The van der Waals surface area contributed by atoms with Crippen molar-refractivity contribution in [3.8, 4) is 0 Å². The molecule has 2 atom stereocenters. The van der Waals surface area contributed by atoms with Gasteiger partial charge in [-0.15, -0.1) is 0 Å². The van der Waals surface area contributed by atoms with Gasteiger partial charge in [0.05, 0.1) is 12.2 Å². The van der Waals surface area contributed by atoms with E-state index >= 15 is 0 Å². The van der Waals surface area contributed by atoms with Gasteiger partial charge >= 0.3 is 0 Å². The molecule has 19 heavy (non-hydrogen) atoms. The molecule has 0 bridgehead atoms. The van der Waals surface area contributed by atoms with Crippen molar-refractivity contribution in [3.63, 3.8) is 0 Å². The number of hydrogen-bond donors (Lipinski definition) is 1. The Morgan fingerprint density at radius 1 is 1.37 bits per heavy atom. The molecule has 108 valence electrons. The van der Waals surface area contributed by atoms with Gasteiger partial charge in [-0.2, -0.15) is 5.10 Å². The summed E-state index contributed by atoms with van der Waals surface area (Å²) in [5.41, 5.74) is 1.29. The van der Waals surface area contributed by atoms with E-state index in [2.05, 4.69) is 47.4 Å². The van der Waals surface area contributed by atoms with Gasteiger partial charge in [0.1, 0.15) is 0 Å². The molecule has 5 nitrogen and oxygen atoms in total. The van der Waals surface area contributed by atoms with Crippen molar-refractivity contribution >= 4 is 0 Å². The molecular weight excluding hydrogens is 238 g/mol. The van der Waals surface area contributed by atoms with Gasteiger partial charge in [-0.1, -0.05) is 6.92 Å². The quantitative estimate of drug-likeness (QED) is 0.850. The molecule has 1 aromatic heterocycles. The second-order valence-corrected chi connectivity index (χ2v) is 5.69. The van der Waals surface area contributed by atoms with E-state index in [9.17, 15) is 0 Å². The van der Waals surface area contributed by atoms with E-state index in [0.29, 0.717) is 12.1 Å². The molecule has 0 aliphatic carbocycles. The van der Waals surface area contributed by atoms with E-state index in [1.807, 2.05) is 17.9 Å². The summed E-state index contributed by atoms with van der Waals surface area (Å²) < 4.78 is 1.89. The molecule has 1 aliphatic heterocycles. The third-order valence-corrected chi connectivity index (χ3v) is 3.98. The summed E-state index contributed by atoms with van der Waals surface area (Å²) in [7, 11) is 6.42. The van der Waals surface area contributed by atoms with Crippen LogP contribution in [-0.2, 0) is 7.05 Å². The predicted octanol–water partition coefficient (Wildman–Crippen LogP) is 0.707. The predicted molar refractivity (Wildman–Crippen MR) is 78.2 cm³/mol. The molecule has 0 aromatic carbocycles. The minimum absolute atomic E-state index is 0.362. The van der Waals surface area contributed by atoms with Crippen LogP contribution in [0.2, 0.25) is 0 Å². The summed E-state index contributed by atoms with van der Waals surface area (Å²) >= 11 is 0. The molecule has 1 saturated heterocycles. The van der Waals surface area contributed by atoms with E-state index in [1.165, 1.54) is 5.56 Å². The van der Waals surface area contributed by atoms with Gasteiger partial charge in [0, 0.05) is 44.5 Å². The maximum atomic E-state index is 4.33. The zero-order valence-corrected chi connectivity index (χ0v) is 12.6. The van der Waals surface area contributed by atoms with Gasteiger partial charge in [0.25, 0.3) is 0 Å². The van der Waals surface area contributed by atoms with Crippen LogP contribution in [-0.4, -0.2) is 65.9 Å². The number of aromatic nitrogens is 2. The topological polar surface area (TPSA) is 36.3 Å². The number of nitrogens with zero attached hydrogens (tertiary/aromatic N) is 4. The van der Waals surface area contributed by atoms with Gasteiger partial charge in [-0.25, -0.2) is 0 Å². The monoisotopic (exact) mass is 265 g/mol. The second-order valence-electron chi connectivity index (χ2n) is 5.69. The molecule has 1 aromatic rings. The maximum Gasteiger partial charge on any atom is 0.0538 e. The first-order valence-corrected chi connectivity index (χ1v) is 7.22. The Morgan fingerprint density at radius 3 is 2.79 bits per heavy atom. The highest BCUT2D eigenvalue weighted by molar-refractivity contribution is 5.14. The lowest BCUT2D eigenvalue weighted by molar-refractivity contribution is 0.0876. The Morgan fingerprint density at radius 2 is 2.16 bits per heavy atom. The van der Waals surface area contributed by atoms with Crippen molar-refractivity contribution < 1.29 is 0 Å². The van der Waals surface area contributed by atoms with Crippen molar-refractivity contribution in [1.29, 1.82) is 0 Å². The van der Waals surface area contributed by atoms with Gasteiger partial charge in [0.2, 0.25) is 0 Å². The molecule has 2 rings (SSSR count). The Bertz CT molecular complexity index is 389. The van der Waals surface area contributed by atoms with Crippen LogP contribution in [0.5, 0.6) is 0 Å². The lowest BCUT2D eigenvalue weighted by atomic mass is 9.98. The van der Waals surface area contributed by atoms with E-state index in [-0.39, 0.29) is 0 Å². The van der Waals surface area contributed by atoms with Crippen LogP contribution in [0.4, 0.5) is 0 Å². The fourth-order valence-electron chi connectivity index (χ4n) is 2.78. The third-order valence-electron chi connectivity index (χ3n) is 3.98. The van der Waals surface area contributed by atoms with Crippen molar-refractivity contribution in [1.82, 2.24) is 24.9 Å². The largest absolute Gasteiger partial charge is 0.308 e. The van der Waals surface area contributed by atoms with Gasteiger partial charge in [-0.05, 0) is 27.1 Å². The number of hydrogen-bond acceptors (Lipinski definition) is 4. The van der Waals surface area contributed by atoms with Crippen LogP contribution in [0, 0.1) is 0 Å². The molecule has 1 N–H and O–H groups in total. The fourth-order valence-corrected chi connectivity index (χ4v) is 2.78. The number of piperazine rings is 1. The average Bonchev–Trinajstić information content (AvgIpc) is 2.80. The number of nitrogens with one attached hydrogen (secondary N) is 1. The molecule has 1 aliphatic rings. The molecule has 2 unspecified atom stereocenters. The van der Waals surface area contributed by atoms with Crippen molar-refractivity contribution in [2.24, 2.45) is 7.05 Å². The number of likely N-dealkylation sites (N-methyl/N-ethyl adjacent to an activating group) is 2. The fraction of sp³-hybridized carbons (Fsp3) is 0.786. The summed E-state index contributed by atoms with van der Waals surface area (Å²) in [5, 5.41) is 8.03. The smallest absolute Gasteiger partial charge is 0.0538 e. The Labute approximate surface area is 116 Å². The molecule has 2 heterocycles. The first-order chi connectivity index (χ1) is 9.11. The summed E-state index contributed by atoms with van der Waals surface area (Å²) in [5.74, 6) is 0. The highest BCUT2D eigenvalue weighted by Crippen LogP contribution is 2.23. The molecule has 1 fully saturated rings. The lowest BCUT2D eigenvalue weighted by Gasteiger charge is -2.42. The van der Waals surface area contributed by atoms with E-state index in [1.54, 1.807) is 0 Å². The summed E-state index contributed by atoms with van der Waals surface area (Å²) in [4.78, 5) is 4.89. The van der Waals surface area contributed by atoms with E-state index < -0.39 is 0 Å².